The average molecular weight is 961 g/mol. The van der Waals surface area contributed by atoms with Gasteiger partial charge in [-0.1, -0.05) is 141 Å². The molecule has 398 valence electrons. The lowest BCUT2D eigenvalue weighted by Gasteiger charge is -2.19. The molecule has 0 aromatic heterocycles. The van der Waals surface area contributed by atoms with Gasteiger partial charge in [0.2, 0.25) is 11.8 Å². The third-order valence-corrected chi connectivity index (χ3v) is 13.3. The molecular weight excluding hydrogens is 851 g/mol. The van der Waals surface area contributed by atoms with Gasteiger partial charge in [-0.2, -0.15) is 0 Å². The number of carbonyl (C=O) groups is 4. The Morgan fingerprint density at radius 2 is 0.691 bits per heavy atom. The summed E-state index contributed by atoms with van der Waals surface area (Å²) in [7, 11) is 0. The number of unbranched alkanes of at least 4 members (excludes halogenated alkanes) is 25. The van der Waals surface area contributed by atoms with Crippen molar-refractivity contribution in [3.05, 3.63) is 12.2 Å². The summed E-state index contributed by atoms with van der Waals surface area (Å²) in [6.07, 6.45) is 44.3. The molecule has 13 nitrogen and oxygen atoms in total. The summed E-state index contributed by atoms with van der Waals surface area (Å²) >= 11 is 0. The number of nitrogens with one attached hydrogen (secondary N) is 6. The van der Waals surface area contributed by atoms with E-state index >= 15 is 0 Å². The maximum atomic E-state index is 12.4. The molecule has 1 aliphatic rings. The molecule has 10 N–H and O–H groups in total. The van der Waals surface area contributed by atoms with E-state index in [4.69, 9.17) is 11.5 Å². The van der Waals surface area contributed by atoms with Gasteiger partial charge in [0.1, 0.15) is 0 Å². The van der Waals surface area contributed by atoms with Gasteiger partial charge in [-0.15, -0.1) is 0 Å². The van der Waals surface area contributed by atoms with Crippen molar-refractivity contribution in [3.63, 3.8) is 0 Å². The molecule has 1 heterocycles. The van der Waals surface area contributed by atoms with Crippen LogP contribution in [0.25, 0.3) is 0 Å². The molecule has 0 aromatic carbocycles. The molecule has 0 spiro atoms. The molecule has 0 saturated carbocycles. The first-order valence-electron chi connectivity index (χ1n) is 28.8. The first-order chi connectivity index (χ1) is 33.5. The van der Waals surface area contributed by atoms with Crippen molar-refractivity contribution in [1.82, 2.24) is 36.8 Å². The second-order valence-electron chi connectivity index (χ2n) is 19.8. The Morgan fingerprint density at radius 1 is 0.382 bits per heavy atom. The molecule has 1 aliphatic heterocycles. The van der Waals surface area contributed by atoms with Gasteiger partial charge in [0.15, 0.2) is 0 Å². The number of hydrogen-bond donors (Lipinski definition) is 8. The third kappa shape index (κ3) is 43.6. The summed E-state index contributed by atoms with van der Waals surface area (Å²) in [5.74, 6) is 0.335. The Morgan fingerprint density at radius 3 is 1.09 bits per heavy atom. The van der Waals surface area contributed by atoms with Crippen molar-refractivity contribution < 1.29 is 19.2 Å². The van der Waals surface area contributed by atoms with Gasteiger partial charge < -0.3 is 43.4 Å². The Hall–Kier alpha value is -2.42. The van der Waals surface area contributed by atoms with Crippen LogP contribution >= 0.6 is 0 Å². The highest BCUT2D eigenvalue weighted by Crippen LogP contribution is 2.16. The van der Waals surface area contributed by atoms with Crippen LogP contribution in [-0.2, 0) is 19.2 Å². The van der Waals surface area contributed by atoms with Crippen molar-refractivity contribution in [2.24, 2.45) is 17.4 Å². The van der Waals surface area contributed by atoms with Gasteiger partial charge >= 0.3 is 0 Å². The Kier molecular flexibility index (Phi) is 47.7. The largest absolute Gasteiger partial charge is 0.356 e. The maximum Gasteiger partial charge on any atom is 0.253 e. The lowest BCUT2D eigenvalue weighted by atomic mass is 10.00. The highest BCUT2D eigenvalue weighted by atomic mass is 16.2. The molecular formula is C55H109N9O4. The lowest BCUT2D eigenvalue weighted by Crippen LogP contribution is -2.32. The molecule has 68 heavy (non-hydrogen) atoms. The van der Waals surface area contributed by atoms with E-state index in [1.165, 1.54) is 184 Å². The highest BCUT2D eigenvalue weighted by molar-refractivity contribution is 6.12. The van der Waals surface area contributed by atoms with Gasteiger partial charge in [0.25, 0.3) is 11.8 Å². The smallest absolute Gasteiger partial charge is 0.253 e. The van der Waals surface area contributed by atoms with Gasteiger partial charge in [0, 0.05) is 44.6 Å². The molecule has 0 fully saturated rings. The minimum Gasteiger partial charge on any atom is -0.356 e. The fraction of sp³-hybridized carbons (Fsp3) is 0.891. The van der Waals surface area contributed by atoms with Gasteiger partial charge in [-0.25, -0.2) is 0 Å². The molecule has 1 rings (SSSR count). The molecule has 4 amide bonds. The number of amides is 4. The molecule has 0 radical (unpaired) electrons. The number of nitrogens with two attached hydrogens (primary N) is 2. The van der Waals surface area contributed by atoms with Crippen LogP contribution in [0.2, 0.25) is 0 Å². The lowest BCUT2D eigenvalue weighted by molar-refractivity contribution is -0.137. The Balaban J connectivity index is 1.85. The Bertz CT molecular complexity index is 1150. The fourth-order valence-corrected chi connectivity index (χ4v) is 8.96. The number of hydrogen-bond acceptors (Lipinski definition) is 10. The number of rotatable bonds is 55. The molecule has 13 heteroatoms. The van der Waals surface area contributed by atoms with E-state index in [2.05, 4.69) is 31.9 Å². The zero-order valence-corrected chi connectivity index (χ0v) is 43.9. The summed E-state index contributed by atoms with van der Waals surface area (Å²) in [4.78, 5) is 48.7. The molecule has 0 atom stereocenters. The zero-order chi connectivity index (χ0) is 49.1. The van der Waals surface area contributed by atoms with Crippen LogP contribution < -0.4 is 43.4 Å². The monoisotopic (exact) mass is 960 g/mol. The van der Waals surface area contributed by atoms with Crippen LogP contribution in [0.3, 0.4) is 0 Å². The van der Waals surface area contributed by atoms with Crippen molar-refractivity contribution in [3.8, 4) is 0 Å². The number of carbonyl (C=O) groups excluding carboxylic acids is 4. The SMILES string of the molecule is NCCCNCCCCNCC(CCCCCCNC(=O)CCCCCCCCCCCCCCCCCCCCCCCNC(=O)CCCN1C(=O)C=CC1=O)CNCCCCNCCCN. The molecule has 0 aromatic rings. The van der Waals surface area contributed by atoms with Crippen LogP contribution in [0.4, 0.5) is 0 Å². The summed E-state index contributed by atoms with van der Waals surface area (Å²) in [5, 5.41) is 20.6. The average Bonchev–Trinajstić information content (AvgIpc) is 3.66. The van der Waals surface area contributed by atoms with Crippen molar-refractivity contribution in [2.45, 2.75) is 225 Å². The van der Waals surface area contributed by atoms with E-state index in [0.717, 1.165) is 111 Å². The summed E-state index contributed by atoms with van der Waals surface area (Å²) < 4.78 is 0. The predicted molar refractivity (Wildman–Crippen MR) is 287 cm³/mol. The normalized spacial score (nSPS) is 12.6. The van der Waals surface area contributed by atoms with Crippen LogP contribution in [0.5, 0.6) is 0 Å². The highest BCUT2D eigenvalue weighted by Gasteiger charge is 2.22. The van der Waals surface area contributed by atoms with Crippen LogP contribution in [0.15, 0.2) is 12.2 Å². The molecule has 0 bridgehead atoms. The van der Waals surface area contributed by atoms with Gasteiger partial charge in [-0.3, -0.25) is 24.1 Å². The van der Waals surface area contributed by atoms with Crippen molar-refractivity contribution in [1.29, 1.82) is 0 Å². The topological polar surface area (TPSA) is 196 Å². The maximum absolute atomic E-state index is 12.4. The minimum absolute atomic E-state index is 0.000311. The first-order valence-corrected chi connectivity index (χ1v) is 28.8. The van der Waals surface area contributed by atoms with E-state index in [1.807, 2.05) is 0 Å². The predicted octanol–water partition coefficient (Wildman–Crippen LogP) is 8.69. The first kappa shape index (κ1) is 63.6. The Labute approximate surface area is 417 Å². The summed E-state index contributed by atoms with van der Waals surface area (Å²) in [6.45, 7) is 11.9. The quantitative estimate of drug-likeness (QED) is 0.0216. The zero-order valence-electron chi connectivity index (χ0n) is 43.9. The fourth-order valence-electron chi connectivity index (χ4n) is 8.96. The molecule has 0 aliphatic carbocycles. The van der Waals surface area contributed by atoms with Crippen LogP contribution in [0, 0.1) is 5.92 Å². The molecule has 0 saturated heterocycles. The number of nitrogens with zero attached hydrogens (tertiary/aromatic N) is 1. The van der Waals surface area contributed by atoms with Crippen molar-refractivity contribution in [2.75, 3.05) is 85.1 Å². The van der Waals surface area contributed by atoms with E-state index in [-0.39, 0.29) is 23.6 Å². The summed E-state index contributed by atoms with van der Waals surface area (Å²) in [6, 6.07) is 0. The van der Waals surface area contributed by atoms with E-state index in [0.29, 0.717) is 38.3 Å². The summed E-state index contributed by atoms with van der Waals surface area (Å²) in [5.41, 5.74) is 11.2. The standard InChI is InChI=1S/C55H109N9O4/c56-38-31-44-58-40-26-28-42-60-49-51(50-61-43-29-27-41-59-45-32-39-57)33-22-19-21-25-47-62-52(65)34-23-18-16-14-12-10-8-6-4-2-1-3-5-7-9-11-13-15-17-20-24-46-63-53(66)35-30-48-64-54(67)36-37-55(64)68/h36-37,51,58-61H,1-35,38-50,56-57H2,(H,62,65)(H,63,66). The van der Waals surface area contributed by atoms with Crippen LogP contribution in [-0.4, -0.2) is 114 Å². The second kappa shape index (κ2) is 51.0. The third-order valence-electron chi connectivity index (χ3n) is 13.3. The number of imide groups is 1. The minimum atomic E-state index is -0.285. The van der Waals surface area contributed by atoms with Crippen LogP contribution in [0.1, 0.15) is 225 Å². The van der Waals surface area contributed by atoms with E-state index in [9.17, 15) is 19.2 Å². The van der Waals surface area contributed by atoms with Crippen molar-refractivity contribution >= 4 is 23.6 Å². The second-order valence-corrected chi connectivity index (χ2v) is 19.8. The van der Waals surface area contributed by atoms with Gasteiger partial charge in [0.05, 0.1) is 0 Å². The van der Waals surface area contributed by atoms with E-state index in [1.54, 1.807) is 0 Å². The molecule has 0 unspecified atom stereocenters. The van der Waals surface area contributed by atoms with Gasteiger partial charge in [-0.05, 0) is 142 Å². The van der Waals surface area contributed by atoms with E-state index < -0.39 is 0 Å².